The molecule has 2 aliphatic heterocycles. The van der Waals surface area contributed by atoms with E-state index >= 15 is 0 Å². The summed E-state index contributed by atoms with van der Waals surface area (Å²) in [5, 5.41) is 14.1. The number of carboxylic acid groups (broad SMARTS) is 1. The number of ketones is 1. The highest BCUT2D eigenvalue weighted by molar-refractivity contribution is 6.32. The lowest BCUT2D eigenvalue weighted by Gasteiger charge is -2.45. The van der Waals surface area contributed by atoms with E-state index in [4.69, 9.17) is 22.1 Å². The van der Waals surface area contributed by atoms with Gasteiger partial charge in [-0.1, -0.05) is 61.8 Å². The van der Waals surface area contributed by atoms with Gasteiger partial charge in [0, 0.05) is 19.1 Å². The number of rotatable bonds is 11. The van der Waals surface area contributed by atoms with Gasteiger partial charge >= 0.3 is 5.97 Å². The molecule has 0 spiro atoms. The molecule has 2 bridgehead atoms. The molecule has 0 aliphatic carbocycles. The summed E-state index contributed by atoms with van der Waals surface area (Å²) in [5.74, 6) is -1.10. The third-order valence-corrected chi connectivity index (χ3v) is 7.98. The Labute approximate surface area is 240 Å². The van der Waals surface area contributed by atoms with E-state index in [9.17, 15) is 19.5 Å². The number of halogens is 1. The third-order valence-electron chi connectivity index (χ3n) is 7.67. The monoisotopic (exact) mass is 567 g/mol. The van der Waals surface area contributed by atoms with Crippen molar-refractivity contribution < 1.29 is 24.2 Å². The molecule has 40 heavy (non-hydrogen) atoms. The molecule has 0 radical (unpaired) electrons. The minimum atomic E-state index is -1.61. The van der Waals surface area contributed by atoms with Crippen LogP contribution in [-0.4, -0.2) is 65.0 Å². The van der Waals surface area contributed by atoms with E-state index in [1.165, 1.54) is 6.92 Å². The number of carbonyl (C=O) groups is 3. The molecule has 2 aromatic carbocycles. The highest BCUT2D eigenvalue weighted by Crippen LogP contribution is 2.34. The Bertz CT molecular complexity index is 1290. The molecular weight excluding hydrogens is 530 g/mol. The van der Waals surface area contributed by atoms with Gasteiger partial charge in [0.1, 0.15) is 5.75 Å². The van der Waals surface area contributed by atoms with Gasteiger partial charge in [-0.15, -0.1) is 0 Å². The van der Waals surface area contributed by atoms with Crippen LogP contribution in [0.1, 0.15) is 51.2 Å². The maximum Gasteiger partial charge on any atom is 0.333 e. The van der Waals surface area contributed by atoms with Crippen molar-refractivity contribution in [3.8, 4) is 5.75 Å². The number of para-hydroxylation sites is 1. The Morgan fingerprint density at radius 1 is 1.15 bits per heavy atom. The van der Waals surface area contributed by atoms with Crippen LogP contribution in [0.4, 0.5) is 0 Å². The fraction of sp³-hybridized carbons (Fsp3) is 0.452. The number of amides is 1. The molecule has 214 valence electrons. The minimum absolute atomic E-state index is 0.0548. The van der Waals surface area contributed by atoms with Gasteiger partial charge in [-0.25, -0.2) is 4.79 Å². The number of nitrogens with zero attached hydrogens (tertiary/aromatic N) is 1. The summed E-state index contributed by atoms with van der Waals surface area (Å²) in [5.41, 5.74) is 7.78. The Morgan fingerprint density at radius 2 is 1.85 bits per heavy atom. The molecule has 0 saturated carbocycles. The van der Waals surface area contributed by atoms with E-state index in [1.807, 2.05) is 56.3 Å². The van der Waals surface area contributed by atoms with Crippen molar-refractivity contribution in [1.29, 1.82) is 0 Å². The van der Waals surface area contributed by atoms with Crippen LogP contribution in [0.15, 0.2) is 54.1 Å². The van der Waals surface area contributed by atoms with Crippen molar-refractivity contribution in [2.45, 2.75) is 64.1 Å². The molecule has 4 N–H and O–H groups in total. The number of aryl methyl sites for hydroxylation is 1. The Balaban J connectivity index is 1.46. The zero-order valence-electron chi connectivity index (χ0n) is 23.3. The number of ether oxygens (including phenoxy) is 1. The van der Waals surface area contributed by atoms with Gasteiger partial charge in [0.05, 0.1) is 23.2 Å². The number of benzene rings is 2. The van der Waals surface area contributed by atoms with Crippen molar-refractivity contribution in [1.82, 2.24) is 10.2 Å². The van der Waals surface area contributed by atoms with Crippen molar-refractivity contribution in [3.63, 3.8) is 0 Å². The molecule has 3 atom stereocenters. The average Bonchev–Trinajstić information content (AvgIpc) is 2.90. The Hall–Kier alpha value is -3.20. The van der Waals surface area contributed by atoms with Crippen molar-refractivity contribution >= 4 is 34.8 Å². The van der Waals surface area contributed by atoms with Crippen LogP contribution in [0.25, 0.3) is 5.57 Å². The lowest BCUT2D eigenvalue weighted by Crippen LogP contribution is -2.67. The second-order valence-electron chi connectivity index (χ2n) is 11.2. The van der Waals surface area contributed by atoms with Crippen LogP contribution in [-0.2, 0) is 20.8 Å². The van der Waals surface area contributed by atoms with Gasteiger partial charge in [0.2, 0.25) is 5.91 Å². The maximum atomic E-state index is 13.5. The van der Waals surface area contributed by atoms with Crippen molar-refractivity contribution in [3.05, 3.63) is 70.3 Å². The first-order chi connectivity index (χ1) is 19.0. The Kier molecular flexibility index (Phi) is 9.33. The average molecular weight is 568 g/mol. The lowest BCUT2D eigenvalue weighted by molar-refractivity contribution is -0.145. The highest BCUT2D eigenvalue weighted by atomic mass is 35.5. The Morgan fingerprint density at radius 3 is 2.48 bits per heavy atom. The molecule has 9 heteroatoms. The number of hydrogen-bond donors (Lipinski definition) is 3. The standard InChI is InChI=1S/C31H38ClN3O5/c1-19(2)16-31(33,20(3)36)30(39)35-17-23-15-24(28(29(37)38)26(18-35)34-23)22-12-10-21(11-13-22)7-6-14-40-27-9-5-4-8-25(27)32/h4-5,8-13,19,23,26,34H,6-7,14-18,33H2,1-3H3,(H,37,38)/t23-,26-,31?/m0/s1. The summed E-state index contributed by atoms with van der Waals surface area (Å²) in [4.78, 5) is 39.9. The van der Waals surface area contributed by atoms with Crippen LogP contribution < -0.4 is 15.8 Å². The predicted molar refractivity (Wildman–Crippen MR) is 155 cm³/mol. The number of carbonyl (C=O) groups excluding carboxylic acids is 2. The molecule has 8 nitrogen and oxygen atoms in total. The molecule has 1 unspecified atom stereocenters. The number of nitrogens with one attached hydrogen (secondary N) is 1. The van der Waals surface area contributed by atoms with Crippen LogP contribution in [0, 0.1) is 5.92 Å². The molecule has 2 aliphatic rings. The van der Waals surface area contributed by atoms with E-state index in [0.717, 1.165) is 29.5 Å². The van der Waals surface area contributed by atoms with Gasteiger partial charge in [0.15, 0.2) is 11.3 Å². The minimum Gasteiger partial charge on any atom is -0.492 e. The number of piperazine rings is 1. The molecule has 2 aromatic rings. The zero-order chi connectivity index (χ0) is 29.0. The maximum absolute atomic E-state index is 13.5. The molecule has 1 amide bonds. The molecule has 1 fully saturated rings. The summed E-state index contributed by atoms with van der Waals surface area (Å²) < 4.78 is 5.77. The number of fused-ring (bicyclic) bond motifs is 2. The van der Waals surface area contributed by atoms with E-state index in [1.54, 1.807) is 11.0 Å². The molecule has 4 rings (SSSR count). The predicted octanol–water partition coefficient (Wildman–Crippen LogP) is 4.10. The van der Waals surface area contributed by atoms with Crippen LogP contribution >= 0.6 is 11.6 Å². The SMILES string of the molecule is CC(=O)C(N)(CC(C)C)C(=O)N1C[C@@H]2CC(c3ccc(CCCOc4ccccc4Cl)cc3)=C(C(=O)O)[C@H](C1)N2. The van der Waals surface area contributed by atoms with E-state index in [0.29, 0.717) is 30.3 Å². The molecule has 2 heterocycles. The quantitative estimate of drug-likeness (QED) is 0.276. The molecular formula is C31H38ClN3O5. The van der Waals surface area contributed by atoms with Gasteiger partial charge in [-0.05, 0) is 67.4 Å². The zero-order valence-corrected chi connectivity index (χ0v) is 24.0. The van der Waals surface area contributed by atoms with Crippen LogP contribution in [0.5, 0.6) is 5.75 Å². The second-order valence-corrected chi connectivity index (χ2v) is 11.6. The number of Topliss-reactive ketones (excluding diaryl/α,β-unsaturated/α-hetero) is 1. The van der Waals surface area contributed by atoms with Crippen LogP contribution in [0.3, 0.4) is 0 Å². The first-order valence-electron chi connectivity index (χ1n) is 13.8. The first kappa shape index (κ1) is 29.8. The largest absolute Gasteiger partial charge is 0.492 e. The van der Waals surface area contributed by atoms with Gasteiger partial charge in [0.25, 0.3) is 0 Å². The fourth-order valence-electron chi connectivity index (χ4n) is 5.73. The molecule has 1 saturated heterocycles. The third kappa shape index (κ3) is 6.57. The first-order valence-corrected chi connectivity index (χ1v) is 14.2. The summed E-state index contributed by atoms with van der Waals surface area (Å²) in [6.45, 7) is 6.23. The fourth-order valence-corrected chi connectivity index (χ4v) is 5.92. The summed E-state index contributed by atoms with van der Waals surface area (Å²) >= 11 is 6.14. The van der Waals surface area contributed by atoms with Gasteiger partial charge in [-0.3, -0.25) is 9.59 Å². The number of hydrogen-bond acceptors (Lipinski definition) is 6. The smallest absolute Gasteiger partial charge is 0.333 e. The number of aliphatic carboxylic acids is 1. The van der Waals surface area contributed by atoms with E-state index in [2.05, 4.69) is 5.32 Å². The van der Waals surface area contributed by atoms with Crippen molar-refractivity contribution in [2.75, 3.05) is 19.7 Å². The highest BCUT2D eigenvalue weighted by Gasteiger charge is 2.46. The van der Waals surface area contributed by atoms with E-state index < -0.39 is 23.5 Å². The lowest BCUT2D eigenvalue weighted by atomic mass is 9.81. The van der Waals surface area contributed by atoms with Gasteiger partial charge in [-0.2, -0.15) is 0 Å². The molecule has 0 aromatic heterocycles. The van der Waals surface area contributed by atoms with Crippen molar-refractivity contribution in [2.24, 2.45) is 11.7 Å². The summed E-state index contributed by atoms with van der Waals surface area (Å²) in [6.07, 6.45) is 2.32. The second kappa shape index (κ2) is 12.5. The topological polar surface area (TPSA) is 122 Å². The van der Waals surface area contributed by atoms with Crippen LogP contribution in [0.2, 0.25) is 5.02 Å². The van der Waals surface area contributed by atoms with Gasteiger partial charge < -0.3 is 25.8 Å². The van der Waals surface area contributed by atoms with E-state index in [-0.39, 0.29) is 36.3 Å². The number of nitrogens with two attached hydrogens (primary N) is 1. The number of carboxylic acids is 1. The normalized spacial score (nSPS) is 20.3. The summed E-state index contributed by atoms with van der Waals surface area (Å²) in [7, 11) is 0. The summed E-state index contributed by atoms with van der Waals surface area (Å²) in [6, 6.07) is 14.7.